The van der Waals surface area contributed by atoms with Crippen molar-refractivity contribution in [1.82, 2.24) is 10.2 Å². The number of hydrogen-bond acceptors (Lipinski definition) is 2. The molecule has 5 atom stereocenters. The van der Waals surface area contributed by atoms with E-state index in [2.05, 4.69) is 31.0 Å². The third kappa shape index (κ3) is 2.86. The Kier molecular flexibility index (Phi) is 4.58. The Labute approximate surface area is 129 Å². The SMILES string of the molecule is CCC1NC(C2CCCC2)N(C2CCC(C)C(C)C2)C1=O. The first-order valence-electron chi connectivity index (χ1n) is 9.20. The molecule has 1 N–H and O–H groups in total. The highest BCUT2D eigenvalue weighted by atomic mass is 16.2. The molecule has 3 heteroatoms. The van der Waals surface area contributed by atoms with Gasteiger partial charge in [0.1, 0.15) is 0 Å². The molecule has 21 heavy (non-hydrogen) atoms. The van der Waals surface area contributed by atoms with Crippen LogP contribution in [0.4, 0.5) is 0 Å². The molecule has 0 aromatic carbocycles. The number of hydrogen-bond donors (Lipinski definition) is 1. The molecule has 2 saturated carbocycles. The van der Waals surface area contributed by atoms with Gasteiger partial charge in [0, 0.05) is 6.04 Å². The second-order valence-corrected chi connectivity index (χ2v) is 7.78. The van der Waals surface area contributed by atoms with E-state index in [9.17, 15) is 4.79 Å². The zero-order valence-corrected chi connectivity index (χ0v) is 14.0. The predicted molar refractivity (Wildman–Crippen MR) is 85.8 cm³/mol. The topological polar surface area (TPSA) is 32.3 Å². The molecule has 3 aliphatic rings. The maximum atomic E-state index is 12.9. The van der Waals surface area contributed by atoms with Crippen molar-refractivity contribution in [2.75, 3.05) is 0 Å². The van der Waals surface area contributed by atoms with Gasteiger partial charge in [-0.25, -0.2) is 0 Å². The summed E-state index contributed by atoms with van der Waals surface area (Å²) in [6.45, 7) is 6.87. The second-order valence-electron chi connectivity index (χ2n) is 7.78. The van der Waals surface area contributed by atoms with Crippen molar-refractivity contribution in [1.29, 1.82) is 0 Å². The standard InChI is InChI=1S/C18H32N2O/c1-4-16-18(21)20(15-10-9-12(2)13(3)11-15)17(19-16)14-7-5-6-8-14/h12-17,19H,4-11H2,1-3H3. The Bertz CT molecular complexity index is 377. The quantitative estimate of drug-likeness (QED) is 0.863. The summed E-state index contributed by atoms with van der Waals surface area (Å²) < 4.78 is 0. The molecule has 2 aliphatic carbocycles. The van der Waals surface area contributed by atoms with E-state index in [4.69, 9.17) is 0 Å². The molecular formula is C18H32N2O. The van der Waals surface area contributed by atoms with Gasteiger partial charge in [-0.2, -0.15) is 0 Å². The Balaban J connectivity index is 1.77. The second kappa shape index (κ2) is 6.28. The molecule has 0 aromatic rings. The van der Waals surface area contributed by atoms with Crippen molar-refractivity contribution in [2.45, 2.75) is 90.4 Å². The minimum atomic E-state index is 0.0743. The van der Waals surface area contributed by atoms with E-state index in [0.29, 0.717) is 24.0 Å². The lowest BCUT2D eigenvalue weighted by Crippen LogP contribution is -2.50. The first-order chi connectivity index (χ1) is 10.1. The first kappa shape index (κ1) is 15.3. The monoisotopic (exact) mass is 292 g/mol. The third-order valence-electron chi connectivity index (χ3n) is 6.44. The number of rotatable bonds is 3. The van der Waals surface area contributed by atoms with Crippen molar-refractivity contribution in [3.05, 3.63) is 0 Å². The van der Waals surface area contributed by atoms with Gasteiger partial charge in [-0.1, -0.05) is 33.6 Å². The van der Waals surface area contributed by atoms with Crippen LogP contribution in [0.2, 0.25) is 0 Å². The maximum Gasteiger partial charge on any atom is 0.241 e. The zero-order valence-electron chi connectivity index (χ0n) is 14.0. The summed E-state index contributed by atoms with van der Waals surface area (Å²) >= 11 is 0. The van der Waals surface area contributed by atoms with Crippen LogP contribution in [-0.4, -0.2) is 29.1 Å². The Morgan fingerprint density at radius 3 is 2.43 bits per heavy atom. The van der Waals surface area contributed by atoms with Gasteiger partial charge in [-0.3, -0.25) is 10.1 Å². The lowest BCUT2D eigenvalue weighted by Gasteiger charge is -2.41. The number of amides is 1. The van der Waals surface area contributed by atoms with Crippen LogP contribution in [0.1, 0.15) is 72.1 Å². The first-order valence-corrected chi connectivity index (χ1v) is 9.20. The third-order valence-corrected chi connectivity index (χ3v) is 6.44. The highest BCUT2D eigenvalue weighted by Gasteiger charge is 2.46. The minimum Gasteiger partial charge on any atom is -0.323 e. The molecular weight excluding hydrogens is 260 g/mol. The van der Waals surface area contributed by atoms with Gasteiger partial charge in [-0.15, -0.1) is 0 Å². The van der Waals surface area contributed by atoms with E-state index in [0.717, 1.165) is 18.3 Å². The average Bonchev–Trinajstić information content (AvgIpc) is 3.09. The fourth-order valence-corrected chi connectivity index (χ4v) is 4.78. The number of nitrogens with zero attached hydrogens (tertiary/aromatic N) is 1. The van der Waals surface area contributed by atoms with Crippen LogP contribution in [0, 0.1) is 17.8 Å². The highest BCUT2D eigenvalue weighted by Crippen LogP contribution is 2.38. The summed E-state index contributed by atoms with van der Waals surface area (Å²) in [5.74, 6) is 2.65. The Hall–Kier alpha value is -0.570. The maximum absolute atomic E-state index is 12.9. The molecule has 3 fully saturated rings. The van der Waals surface area contributed by atoms with E-state index in [1.54, 1.807) is 0 Å². The zero-order chi connectivity index (χ0) is 15.0. The van der Waals surface area contributed by atoms with Gasteiger partial charge >= 0.3 is 0 Å². The van der Waals surface area contributed by atoms with E-state index in [-0.39, 0.29) is 6.04 Å². The predicted octanol–water partition coefficient (Wildman–Crippen LogP) is 3.54. The molecule has 0 bridgehead atoms. The van der Waals surface area contributed by atoms with Crippen LogP contribution in [-0.2, 0) is 4.79 Å². The van der Waals surface area contributed by atoms with Crippen molar-refractivity contribution in [3.8, 4) is 0 Å². The molecule has 0 aromatic heterocycles. The van der Waals surface area contributed by atoms with Crippen LogP contribution in [0.15, 0.2) is 0 Å². The summed E-state index contributed by atoms with van der Waals surface area (Å²) in [6.07, 6.45) is 10.2. The molecule has 3 rings (SSSR count). The van der Waals surface area contributed by atoms with Gasteiger partial charge < -0.3 is 4.90 Å². The Morgan fingerprint density at radius 2 is 1.81 bits per heavy atom. The van der Waals surface area contributed by atoms with Crippen molar-refractivity contribution < 1.29 is 4.79 Å². The molecule has 0 spiro atoms. The molecule has 1 saturated heterocycles. The summed E-state index contributed by atoms with van der Waals surface area (Å²) in [4.78, 5) is 15.2. The summed E-state index contributed by atoms with van der Waals surface area (Å²) in [5, 5.41) is 3.68. The van der Waals surface area contributed by atoms with Crippen molar-refractivity contribution >= 4 is 5.91 Å². The normalized spacial score (nSPS) is 42.0. The van der Waals surface area contributed by atoms with Gasteiger partial charge in [0.25, 0.3) is 0 Å². The summed E-state index contributed by atoms with van der Waals surface area (Å²) in [5.41, 5.74) is 0. The van der Waals surface area contributed by atoms with E-state index in [1.165, 1.54) is 44.9 Å². The van der Waals surface area contributed by atoms with Crippen LogP contribution in [0.5, 0.6) is 0 Å². The molecule has 1 heterocycles. The molecule has 3 nitrogen and oxygen atoms in total. The fraction of sp³-hybridized carbons (Fsp3) is 0.944. The number of carbonyl (C=O) groups is 1. The molecule has 1 aliphatic heterocycles. The lowest BCUT2D eigenvalue weighted by molar-refractivity contribution is -0.134. The number of nitrogens with one attached hydrogen (secondary N) is 1. The number of carbonyl (C=O) groups excluding carboxylic acids is 1. The largest absolute Gasteiger partial charge is 0.323 e. The molecule has 5 unspecified atom stereocenters. The minimum absolute atomic E-state index is 0.0743. The lowest BCUT2D eigenvalue weighted by atomic mass is 9.78. The summed E-state index contributed by atoms with van der Waals surface area (Å²) in [7, 11) is 0. The van der Waals surface area contributed by atoms with E-state index < -0.39 is 0 Å². The van der Waals surface area contributed by atoms with Crippen LogP contribution < -0.4 is 5.32 Å². The van der Waals surface area contributed by atoms with Crippen LogP contribution in [0.3, 0.4) is 0 Å². The molecule has 120 valence electrons. The summed E-state index contributed by atoms with van der Waals surface area (Å²) in [6, 6.07) is 0.559. The van der Waals surface area contributed by atoms with E-state index in [1.807, 2.05) is 0 Å². The van der Waals surface area contributed by atoms with E-state index >= 15 is 0 Å². The van der Waals surface area contributed by atoms with Crippen molar-refractivity contribution in [3.63, 3.8) is 0 Å². The van der Waals surface area contributed by atoms with Gasteiger partial charge in [0.2, 0.25) is 5.91 Å². The fourth-order valence-electron chi connectivity index (χ4n) is 4.78. The van der Waals surface area contributed by atoms with Crippen molar-refractivity contribution in [2.24, 2.45) is 17.8 Å². The van der Waals surface area contributed by atoms with Crippen LogP contribution in [0.25, 0.3) is 0 Å². The van der Waals surface area contributed by atoms with Crippen LogP contribution >= 0.6 is 0 Å². The smallest absolute Gasteiger partial charge is 0.241 e. The highest BCUT2D eigenvalue weighted by molar-refractivity contribution is 5.84. The Morgan fingerprint density at radius 1 is 1.10 bits per heavy atom. The molecule has 0 radical (unpaired) electrons. The van der Waals surface area contributed by atoms with Gasteiger partial charge in [0.15, 0.2) is 0 Å². The van der Waals surface area contributed by atoms with Gasteiger partial charge in [-0.05, 0) is 56.3 Å². The van der Waals surface area contributed by atoms with Gasteiger partial charge in [0.05, 0.1) is 12.2 Å². The average molecular weight is 292 g/mol. The molecule has 1 amide bonds.